The number of likely N-dealkylation sites (tertiary alicyclic amines) is 1. The Bertz CT molecular complexity index is 294. The smallest absolute Gasteiger partial charge is 0.326 e. The molecule has 2 N–H and O–H groups in total. The van der Waals surface area contributed by atoms with Gasteiger partial charge in [0.25, 0.3) is 0 Å². The van der Waals surface area contributed by atoms with Crippen LogP contribution in [0, 0.1) is 0 Å². The van der Waals surface area contributed by atoms with Gasteiger partial charge in [-0.3, -0.25) is 4.79 Å². The first-order valence-electron chi connectivity index (χ1n) is 6.89. The molecule has 1 atom stereocenters. The predicted octanol–water partition coefficient (Wildman–Crippen LogP) is 1.18. The lowest BCUT2D eigenvalue weighted by molar-refractivity contribution is -0.141. The van der Waals surface area contributed by atoms with Gasteiger partial charge in [-0.25, -0.2) is 4.79 Å². The van der Waals surface area contributed by atoms with Gasteiger partial charge in [0, 0.05) is 6.92 Å². The third-order valence-electron chi connectivity index (χ3n) is 3.19. The SMILES string of the molecule is CC(=O)NC(CCSCCCN1CCCC1)C(=O)O. The molecule has 0 aromatic heterocycles. The topological polar surface area (TPSA) is 69.6 Å². The second-order valence-electron chi connectivity index (χ2n) is 4.89. The molecular weight excluding hydrogens is 264 g/mol. The third kappa shape index (κ3) is 7.42. The van der Waals surface area contributed by atoms with E-state index in [1.165, 1.54) is 32.9 Å². The maximum absolute atomic E-state index is 10.9. The zero-order valence-electron chi connectivity index (χ0n) is 11.6. The summed E-state index contributed by atoms with van der Waals surface area (Å²) >= 11 is 1.77. The molecule has 1 aliphatic heterocycles. The van der Waals surface area contributed by atoms with E-state index in [2.05, 4.69) is 10.2 Å². The van der Waals surface area contributed by atoms with Crippen LogP contribution in [0.3, 0.4) is 0 Å². The summed E-state index contributed by atoms with van der Waals surface area (Å²) in [5, 5.41) is 11.4. The van der Waals surface area contributed by atoms with Crippen LogP contribution in [-0.2, 0) is 9.59 Å². The van der Waals surface area contributed by atoms with Crippen molar-refractivity contribution in [2.24, 2.45) is 0 Å². The van der Waals surface area contributed by atoms with Crippen molar-refractivity contribution >= 4 is 23.6 Å². The molecular formula is C13H24N2O3S. The number of rotatable bonds is 9. The Kier molecular flexibility index (Phi) is 7.90. The highest BCUT2D eigenvalue weighted by Crippen LogP contribution is 2.11. The molecule has 1 heterocycles. The molecule has 1 amide bonds. The molecule has 1 unspecified atom stereocenters. The van der Waals surface area contributed by atoms with Gasteiger partial charge >= 0.3 is 5.97 Å². The summed E-state index contributed by atoms with van der Waals surface area (Å²) in [5.74, 6) is 0.597. The summed E-state index contributed by atoms with van der Waals surface area (Å²) in [6.45, 7) is 4.96. The number of hydrogen-bond acceptors (Lipinski definition) is 4. The Morgan fingerprint density at radius 3 is 2.58 bits per heavy atom. The van der Waals surface area contributed by atoms with Gasteiger partial charge in [0.05, 0.1) is 0 Å². The first-order chi connectivity index (χ1) is 9.09. The Labute approximate surface area is 119 Å². The number of carbonyl (C=O) groups is 2. The van der Waals surface area contributed by atoms with Crippen LogP contribution in [0.4, 0.5) is 0 Å². The highest BCUT2D eigenvalue weighted by molar-refractivity contribution is 7.99. The van der Waals surface area contributed by atoms with Crippen molar-refractivity contribution in [3.8, 4) is 0 Å². The molecule has 0 aromatic rings. The Hall–Kier alpha value is -0.750. The highest BCUT2D eigenvalue weighted by atomic mass is 32.2. The lowest BCUT2D eigenvalue weighted by Crippen LogP contribution is -2.39. The van der Waals surface area contributed by atoms with Crippen LogP contribution in [0.1, 0.15) is 32.6 Å². The van der Waals surface area contributed by atoms with Gasteiger partial charge in [0.2, 0.25) is 5.91 Å². The first-order valence-corrected chi connectivity index (χ1v) is 8.05. The van der Waals surface area contributed by atoms with E-state index in [-0.39, 0.29) is 5.91 Å². The molecule has 0 radical (unpaired) electrons. The molecule has 0 saturated carbocycles. The van der Waals surface area contributed by atoms with Crippen molar-refractivity contribution in [1.82, 2.24) is 10.2 Å². The van der Waals surface area contributed by atoms with Crippen LogP contribution < -0.4 is 5.32 Å². The summed E-state index contributed by atoms with van der Waals surface area (Å²) in [6.07, 6.45) is 4.29. The maximum atomic E-state index is 10.9. The third-order valence-corrected chi connectivity index (χ3v) is 4.29. The lowest BCUT2D eigenvalue weighted by atomic mass is 10.2. The van der Waals surface area contributed by atoms with Crippen LogP contribution in [0.2, 0.25) is 0 Å². The van der Waals surface area contributed by atoms with Gasteiger partial charge < -0.3 is 15.3 Å². The largest absolute Gasteiger partial charge is 0.480 e. The minimum Gasteiger partial charge on any atom is -0.480 e. The zero-order chi connectivity index (χ0) is 14.1. The van der Waals surface area contributed by atoms with Crippen molar-refractivity contribution in [1.29, 1.82) is 0 Å². The van der Waals surface area contributed by atoms with Gasteiger partial charge in [0.15, 0.2) is 0 Å². The number of carbonyl (C=O) groups excluding carboxylic acids is 1. The second kappa shape index (κ2) is 9.20. The maximum Gasteiger partial charge on any atom is 0.326 e. The number of amides is 1. The molecule has 0 aromatic carbocycles. The summed E-state index contributed by atoms with van der Waals surface area (Å²) in [7, 11) is 0. The number of nitrogens with zero attached hydrogens (tertiary/aromatic N) is 1. The molecule has 0 spiro atoms. The van der Waals surface area contributed by atoms with Crippen LogP contribution in [0.5, 0.6) is 0 Å². The van der Waals surface area contributed by atoms with E-state index in [9.17, 15) is 9.59 Å². The Balaban J connectivity index is 2.01. The van der Waals surface area contributed by atoms with E-state index in [0.717, 1.165) is 24.5 Å². The molecule has 0 aliphatic carbocycles. The molecule has 1 saturated heterocycles. The van der Waals surface area contributed by atoms with Gasteiger partial charge in [0.1, 0.15) is 6.04 Å². The van der Waals surface area contributed by atoms with Crippen LogP contribution >= 0.6 is 11.8 Å². The van der Waals surface area contributed by atoms with E-state index in [1.54, 1.807) is 11.8 Å². The minimum atomic E-state index is -0.951. The van der Waals surface area contributed by atoms with Crippen LogP contribution in [0.25, 0.3) is 0 Å². The Morgan fingerprint density at radius 2 is 2.00 bits per heavy atom. The molecule has 19 heavy (non-hydrogen) atoms. The van der Waals surface area contributed by atoms with Crippen molar-refractivity contribution < 1.29 is 14.7 Å². The molecule has 1 rings (SSSR count). The van der Waals surface area contributed by atoms with E-state index in [1.807, 2.05) is 0 Å². The van der Waals surface area contributed by atoms with Gasteiger partial charge in [-0.1, -0.05) is 0 Å². The molecule has 6 heteroatoms. The summed E-state index contributed by atoms with van der Waals surface area (Å²) < 4.78 is 0. The second-order valence-corrected chi connectivity index (χ2v) is 6.12. The van der Waals surface area contributed by atoms with Crippen molar-refractivity contribution in [3.63, 3.8) is 0 Å². The number of hydrogen-bond donors (Lipinski definition) is 2. The monoisotopic (exact) mass is 288 g/mol. The van der Waals surface area contributed by atoms with Crippen LogP contribution in [-0.4, -0.2) is 59.1 Å². The minimum absolute atomic E-state index is 0.286. The fourth-order valence-corrected chi connectivity index (χ4v) is 3.14. The fraction of sp³-hybridized carbons (Fsp3) is 0.846. The zero-order valence-corrected chi connectivity index (χ0v) is 12.4. The number of nitrogens with one attached hydrogen (secondary N) is 1. The van der Waals surface area contributed by atoms with Crippen molar-refractivity contribution in [3.05, 3.63) is 0 Å². The van der Waals surface area contributed by atoms with Gasteiger partial charge in [-0.05, 0) is 56.8 Å². The van der Waals surface area contributed by atoms with Crippen molar-refractivity contribution in [2.75, 3.05) is 31.1 Å². The molecule has 1 fully saturated rings. The number of carboxylic acid groups (broad SMARTS) is 1. The fourth-order valence-electron chi connectivity index (χ4n) is 2.20. The summed E-state index contributed by atoms with van der Waals surface area (Å²) in [6, 6.07) is -0.747. The lowest BCUT2D eigenvalue weighted by Gasteiger charge is -2.14. The quantitative estimate of drug-likeness (QED) is 0.624. The normalized spacial score (nSPS) is 17.3. The molecule has 0 bridgehead atoms. The van der Waals surface area contributed by atoms with Crippen molar-refractivity contribution in [2.45, 2.75) is 38.6 Å². The standard InChI is InChI=1S/C13H24N2O3S/c1-11(16)14-12(13(17)18)5-10-19-9-4-8-15-6-2-3-7-15/h12H,2-10H2,1H3,(H,14,16)(H,17,18). The van der Waals surface area contributed by atoms with E-state index in [0.29, 0.717) is 6.42 Å². The number of carboxylic acids is 1. The first kappa shape index (κ1) is 16.3. The molecule has 5 nitrogen and oxygen atoms in total. The molecule has 1 aliphatic rings. The van der Waals surface area contributed by atoms with Crippen LogP contribution in [0.15, 0.2) is 0 Å². The van der Waals surface area contributed by atoms with E-state index < -0.39 is 12.0 Å². The summed E-state index contributed by atoms with van der Waals surface area (Å²) in [5.41, 5.74) is 0. The molecule has 110 valence electrons. The van der Waals surface area contributed by atoms with Gasteiger partial charge in [-0.2, -0.15) is 11.8 Å². The Morgan fingerprint density at radius 1 is 1.32 bits per heavy atom. The predicted molar refractivity (Wildman–Crippen MR) is 77.5 cm³/mol. The van der Waals surface area contributed by atoms with E-state index >= 15 is 0 Å². The average molecular weight is 288 g/mol. The average Bonchev–Trinajstić information content (AvgIpc) is 2.84. The summed E-state index contributed by atoms with van der Waals surface area (Å²) in [4.78, 5) is 24.2. The van der Waals surface area contributed by atoms with E-state index in [4.69, 9.17) is 5.11 Å². The number of thioether (sulfide) groups is 1. The van der Waals surface area contributed by atoms with Gasteiger partial charge in [-0.15, -0.1) is 0 Å². The highest BCUT2D eigenvalue weighted by Gasteiger charge is 2.17. The number of aliphatic carboxylic acids is 1.